The molecule has 10 heteroatoms. The smallest absolute Gasteiger partial charge is 0.309 e. The number of aromatic nitrogens is 1. The van der Waals surface area contributed by atoms with Crippen molar-refractivity contribution in [2.24, 2.45) is 5.41 Å². The molecular weight excluding hydrogens is 490 g/mol. The Morgan fingerprint density at radius 3 is 2.51 bits per heavy atom. The molecule has 0 saturated carbocycles. The summed E-state index contributed by atoms with van der Waals surface area (Å²) in [5.74, 6) is -2.67. The van der Waals surface area contributed by atoms with E-state index in [1.807, 2.05) is 0 Å². The number of rotatable bonds is 10. The van der Waals surface area contributed by atoms with Crippen molar-refractivity contribution in [1.82, 2.24) is 9.88 Å². The number of hydrogen-bond acceptors (Lipinski definition) is 5. The number of ether oxygens (including phenoxy) is 1. The van der Waals surface area contributed by atoms with Gasteiger partial charge in [0.1, 0.15) is 29.4 Å². The zero-order valence-corrected chi connectivity index (χ0v) is 20.4. The number of anilines is 1. The highest BCUT2D eigenvalue weighted by Crippen LogP contribution is 2.41. The monoisotopic (exact) mass is 519 g/mol. The van der Waals surface area contributed by atoms with E-state index in [-0.39, 0.29) is 18.4 Å². The van der Waals surface area contributed by atoms with Gasteiger partial charge in [0.05, 0.1) is 24.2 Å². The maximum absolute atomic E-state index is 15.4. The van der Waals surface area contributed by atoms with Crippen LogP contribution >= 0.6 is 0 Å². The van der Waals surface area contributed by atoms with E-state index in [1.54, 1.807) is 12.1 Å². The van der Waals surface area contributed by atoms with Gasteiger partial charge in [-0.1, -0.05) is 0 Å². The molecule has 0 spiro atoms. The number of carboxylic acids is 1. The van der Waals surface area contributed by atoms with Crippen LogP contribution < -0.4 is 10.1 Å². The lowest BCUT2D eigenvalue weighted by atomic mass is 9.74. The van der Waals surface area contributed by atoms with E-state index < -0.39 is 35.0 Å². The number of likely N-dealkylation sites (tertiary alicyclic amines) is 1. The van der Waals surface area contributed by atoms with Crippen LogP contribution in [0, 0.1) is 22.9 Å². The van der Waals surface area contributed by atoms with Gasteiger partial charge in [-0.05, 0) is 69.1 Å². The van der Waals surface area contributed by atoms with E-state index >= 15 is 4.39 Å². The van der Waals surface area contributed by atoms with E-state index in [4.69, 9.17) is 4.74 Å². The zero-order valence-electron chi connectivity index (χ0n) is 20.4. The van der Waals surface area contributed by atoms with Crippen LogP contribution in [0.2, 0.25) is 0 Å². The highest BCUT2D eigenvalue weighted by Gasteiger charge is 2.41. The minimum absolute atomic E-state index is 0.0609. The molecule has 1 aromatic heterocycles. The van der Waals surface area contributed by atoms with Crippen LogP contribution in [0.1, 0.15) is 37.4 Å². The standard InChI is InChI=1S/C27H29F4N3O3/c1-37-20-2-3-24-21(15-20)25(23(31)16-33-24)22(30)4-5-27(26(35)36)6-9-34(10-7-27)11-8-32-19-13-17(28)12-18(29)14-19/h2-3,12-16,22,32H,4-11H2,1H3,(H,35,36)/t22-/m1/s1. The average Bonchev–Trinajstić information content (AvgIpc) is 2.87. The molecule has 0 radical (unpaired) electrons. The van der Waals surface area contributed by atoms with Crippen LogP contribution in [0.4, 0.5) is 23.2 Å². The summed E-state index contributed by atoms with van der Waals surface area (Å²) in [6.07, 6.45) is -0.178. The van der Waals surface area contributed by atoms with E-state index in [2.05, 4.69) is 15.2 Å². The molecule has 1 atom stereocenters. The molecule has 3 aromatic rings. The van der Waals surface area contributed by atoms with Crippen LogP contribution in [-0.2, 0) is 4.79 Å². The van der Waals surface area contributed by atoms with E-state index in [0.717, 1.165) is 12.3 Å². The number of aliphatic carboxylic acids is 1. The lowest BCUT2D eigenvalue weighted by molar-refractivity contribution is -0.153. The highest BCUT2D eigenvalue weighted by atomic mass is 19.1. The van der Waals surface area contributed by atoms with Gasteiger partial charge in [0, 0.05) is 35.8 Å². The summed E-state index contributed by atoms with van der Waals surface area (Å²) in [4.78, 5) is 18.3. The largest absolute Gasteiger partial charge is 0.497 e. The number of piperidine rings is 1. The topological polar surface area (TPSA) is 74.7 Å². The first-order valence-corrected chi connectivity index (χ1v) is 12.1. The van der Waals surface area contributed by atoms with Gasteiger partial charge < -0.3 is 20.1 Å². The number of nitrogens with zero attached hydrogens (tertiary/aromatic N) is 2. The van der Waals surface area contributed by atoms with Gasteiger partial charge in [0.2, 0.25) is 0 Å². The summed E-state index contributed by atoms with van der Waals surface area (Å²) in [7, 11) is 1.46. The number of carboxylic acid groups (broad SMARTS) is 1. The molecule has 1 saturated heterocycles. The molecule has 0 aliphatic carbocycles. The van der Waals surface area contributed by atoms with Gasteiger partial charge in [-0.15, -0.1) is 0 Å². The van der Waals surface area contributed by atoms with Crippen LogP contribution in [-0.4, -0.2) is 54.2 Å². The second-order valence-electron chi connectivity index (χ2n) is 9.42. The molecule has 6 nitrogen and oxygen atoms in total. The number of carbonyl (C=O) groups is 1. The third-order valence-electron chi connectivity index (χ3n) is 7.14. The molecule has 2 N–H and O–H groups in total. The fourth-order valence-corrected chi connectivity index (χ4v) is 4.95. The lowest BCUT2D eigenvalue weighted by Gasteiger charge is -2.39. The first-order valence-electron chi connectivity index (χ1n) is 12.1. The minimum Gasteiger partial charge on any atom is -0.497 e. The quantitative estimate of drug-likeness (QED) is 0.333. The fourth-order valence-electron chi connectivity index (χ4n) is 4.95. The average molecular weight is 520 g/mol. The molecule has 0 amide bonds. The SMILES string of the molecule is COc1ccc2ncc(F)c([C@H](F)CCC3(C(=O)O)CCN(CCNc4cc(F)cc(F)c4)CC3)c2c1. The van der Waals surface area contributed by atoms with Crippen molar-refractivity contribution in [3.63, 3.8) is 0 Å². The maximum Gasteiger partial charge on any atom is 0.309 e. The van der Waals surface area contributed by atoms with Crippen LogP contribution in [0.15, 0.2) is 42.6 Å². The first-order chi connectivity index (χ1) is 17.7. The van der Waals surface area contributed by atoms with Crippen molar-refractivity contribution >= 4 is 22.6 Å². The Morgan fingerprint density at radius 1 is 1.16 bits per heavy atom. The van der Waals surface area contributed by atoms with Gasteiger partial charge in [-0.3, -0.25) is 9.78 Å². The predicted octanol–water partition coefficient (Wildman–Crippen LogP) is 5.73. The van der Waals surface area contributed by atoms with Crippen molar-refractivity contribution in [1.29, 1.82) is 0 Å². The van der Waals surface area contributed by atoms with Crippen molar-refractivity contribution in [3.05, 3.63) is 65.6 Å². The van der Waals surface area contributed by atoms with Crippen molar-refractivity contribution in [2.75, 3.05) is 38.6 Å². The Bertz CT molecular complexity index is 1240. The Balaban J connectivity index is 1.37. The van der Waals surface area contributed by atoms with Crippen LogP contribution in [0.25, 0.3) is 10.9 Å². The predicted molar refractivity (Wildman–Crippen MR) is 132 cm³/mol. The molecule has 0 unspecified atom stereocenters. The molecule has 1 aliphatic rings. The number of halogens is 4. The van der Waals surface area contributed by atoms with E-state index in [1.165, 1.54) is 25.3 Å². The Kier molecular flexibility index (Phi) is 8.16. The number of nitrogens with one attached hydrogen (secondary N) is 1. The molecule has 198 valence electrons. The van der Waals surface area contributed by atoms with E-state index in [0.29, 0.717) is 61.4 Å². The number of pyridine rings is 1. The molecule has 2 heterocycles. The van der Waals surface area contributed by atoms with Crippen LogP contribution in [0.3, 0.4) is 0 Å². The Hall–Kier alpha value is -3.40. The molecule has 1 fully saturated rings. The summed E-state index contributed by atoms with van der Waals surface area (Å²) in [5, 5.41) is 13.3. The summed E-state index contributed by atoms with van der Waals surface area (Å²) in [6.45, 7) is 1.93. The van der Waals surface area contributed by atoms with Gasteiger partial charge in [-0.2, -0.15) is 0 Å². The molecule has 1 aliphatic heterocycles. The van der Waals surface area contributed by atoms with Crippen molar-refractivity contribution < 1.29 is 32.2 Å². The highest BCUT2D eigenvalue weighted by molar-refractivity contribution is 5.84. The lowest BCUT2D eigenvalue weighted by Crippen LogP contribution is -2.45. The summed E-state index contributed by atoms with van der Waals surface area (Å²) in [6, 6.07) is 8.01. The second kappa shape index (κ2) is 11.3. The molecular formula is C27H29F4N3O3. The van der Waals surface area contributed by atoms with E-state index in [9.17, 15) is 23.1 Å². The Morgan fingerprint density at radius 2 is 1.86 bits per heavy atom. The zero-order chi connectivity index (χ0) is 26.6. The van der Waals surface area contributed by atoms with Gasteiger partial charge >= 0.3 is 5.97 Å². The molecule has 4 rings (SSSR count). The Labute approximate surface area is 212 Å². The molecule has 0 bridgehead atoms. The first kappa shape index (κ1) is 26.7. The number of hydrogen-bond donors (Lipinski definition) is 2. The second-order valence-corrected chi connectivity index (χ2v) is 9.42. The number of benzene rings is 2. The third-order valence-corrected chi connectivity index (χ3v) is 7.14. The third kappa shape index (κ3) is 6.12. The van der Waals surface area contributed by atoms with Gasteiger partial charge in [0.15, 0.2) is 0 Å². The number of fused-ring (bicyclic) bond motifs is 1. The summed E-state index contributed by atoms with van der Waals surface area (Å²) < 4.78 is 61.9. The van der Waals surface area contributed by atoms with Crippen molar-refractivity contribution in [2.45, 2.75) is 31.9 Å². The molecule has 2 aromatic carbocycles. The van der Waals surface area contributed by atoms with Crippen molar-refractivity contribution in [3.8, 4) is 5.75 Å². The number of methoxy groups -OCH3 is 1. The summed E-state index contributed by atoms with van der Waals surface area (Å²) in [5.41, 5.74) is -0.494. The summed E-state index contributed by atoms with van der Waals surface area (Å²) >= 11 is 0. The maximum atomic E-state index is 15.4. The van der Waals surface area contributed by atoms with Crippen LogP contribution in [0.5, 0.6) is 5.75 Å². The number of alkyl halides is 1. The fraction of sp³-hybridized carbons (Fsp3) is 0.407. The normalized spacial score (nSPS) is 16.5. The minimum atomic E-state index is -1.71. The van der Waals surface area contributed by atoms with Gasteiger partial charge in [0.25, 0.3) is 0 Å². The van der Waals surface area contributed by atoms with Gasteiger partial charge in [-0.25, -0.2) is 17.6 Å². The molecule has 37 heavy (non-hydrogen) atoms.